The van der Waals surface area contributed by atoms with Crippen molar-refractivity contribution >= 4 is 19.3 Å². The number of allylic oxidation sites excluding steroid dienone is 2. The maximum absolute atomic E-state index is 2.51. The molecule has 8 rings (SSSR count). The number of halogens is 2. The Hall–Kier alpha value is -1.90. The zero-order valence-electron chi connectivity index (χ0n) is 24.8. The summed E-state index contributed by atoms with van der Waals surface area (Å²) in [5.74, 6) is 0.645. The van der Waals surface area contributed by atoms with Crippen molar-refractivity contribution < 1.29 is 49.5 Å². The summed E-state index contributed by atoms with van der Waals surface area (Å²) in [5, 5.41) is 1.70. The monoisotopic (exact) mass is 672 g/mol. The number of hydrogen-bond acceptors (Lipinski definition) is 0. The topological polar surface area (TPSA) is 4.93 Å². The fourth-order valence-corrected chi connectivity index (χ4v) is 12.3. The van der Waals surface area contributed by atoms with Crippen molar-refractivity contribution in [3.05, 3.63) is 124 Å². The van der Waals surface area contributed by atoms with Crippen LogP contribution in [0, 0.1) is 0 Å². The van der Waals surface area contributed by atoms with E-state index in [1.807, 2.05) is 0 Å². The molecule has 2 aliphatic carbocycles. The largest absolute Gasteiger partial charge is 1.00 e. The van der Waals surface area contributed by atoms with Crippen LogP contribution < -0.4 is 24.8 Å². The molecule has 3 unspecified atom stereocenters. The van der Waals surface area contributed by atoms with Gasteiger partial charge in [-0.25, -0.2) is 0 Å². The van der Waals surface area contributed by atoms with Crippen LogP contribution in [0.4, 0.5) is 0 Å². The third kappa shape index (κ3) is 5.27. The van der Waals surface area contributed by atoms with E-state index in [0.29, 0.717) is 9.54 Å². The second kappa shape index (κ2) is 12.4. The van der Waals surface area contributed by atoms with Gasteiger partial charge in [-0.15, -0.1) is 0 Å². The summed E-state index contributed by atoms with van der Waals surface area (Å²) in [4.78, 5) is 0. The molecule has 0 fully saturated rings. The Balaban J connectivity index is 0.000000182. The van der Waals surface area contributed by atoms with E-state index < -0.39 is 8.07 Å². The van der Waals surface area contributed by atoms with Crippen molar-refractivity contribution in [1.29, 1.82) is 0 Å². The average Bonchev–Trinajstić information content (AvgIpc) is 3.64. The van der Waals surface area contributed by atoms with Crippen LogP contribution in [0.2, 0.25) is 13.1 Å². The Labute approximate surface area is 274 Å². The summed E-state index contributed by atoms with van der Waals surface area (Å²) in [5.41, 5.74) is 15.4. The summed E-state index contributed by atoms with van der Waals surface area (Å²) >= 11 is 1.59. The molecule has 41 heavy (non-hydrogen) atoms. The van der Waals surface area contributed by atoms with Crippen LogP contribution in [0.15, 0.2) is 96.2 Å². The van der Waals surface area contributed by atoms with Crippen molar-refractivity contribution in [2.75, 3.05) is 0 Å². The SMILES string of the molecule is CC1=C2c3c(ccn3-c3ccccc3)C1[Si]2(C)C.CCC(C)c1ccc(-c2cccc3c2C=C(C)[CH]3[Zr+2])cc1.[Cl-].[Cl-]. The molecule has 1 aromatic heterocycles. The molecule has 0 saturated heterocycles. The molecule has 0 saturated carbocycles. The van der Waals surface area contributed by atoms with E-state index in [1.165, 1.54) is 51.2 Å². The average molecular weight is 675 g/mol. The van der Waals surface area contributed by atoms with Crippen molar-refractivity contribution in [2.24, 2.45) is 0 Å². The van der Waals surface area contributed by atoms with Crippen LogP contribution in [0.5, 0.6) is 0 Å². The van der Waals surface area contributed by atoms with E-state index in [1.54, 1.807) is 41.1 Å². The number of hydrogen-bond donors (Lipinski definition) is 0. The van der Waals surface area contributed by atoms with Gasteiger partial charge in [-0.05, 0) is 35.9 Å². The third-order valence-electron chi connectivity index (χ3n) is 9.37. The molecule has 0 radical (unpaired) electrons. The van der Waals surface area contributed by atoms with Crippen LogP contribution in [-0.2, 0) is 24.7 Å². The predicted molar refractivity (Wildman–Crippen MR) is 166 cm³/mol. The quantitative estimate of drug-likeness (QED) is 0.289. The van der Waals surface area contributed by atoms with Crippen LogP contribution in [-0.4, -0.2) is 12.6 Å². The molecule has 3 heterocycles. The van der Waals surface area contributed by atoms with Gasteiger partial charge in [0.05, 0.1) is 8.07 Å². The molecule has 2 aliphatic heterocycles. The van der Waals surface area contributed by atoms with E-state index >= 15 is 0 Å². The second-order valence-corrected chi connectivity index (χ2v) is 18.0. The van der Waals surface area contributed by atoms with Gasteiger partial charge in [0.1, 0.15) is 0 Å². The smallest absolute Gasteiger partial charge is 1.00 e. The minimum atomic E-state index is -1.17. The molecule has 3 atom stereocenters. The first kappa shape index (κ1) is 32.0. The minimum Gasteiger partial charge on any atom is -1.00 e. The van der Waals surface area contributed by atoms with Gasteiger partial charge in [-0.2, -0.15) is 0 Å². The Morgan fingerprint density at radius 3 is 2.17 bits per heavy atom. The summed E-state index contributed by atoms with van der Waals surface area (Å²) in [7, 11) is -1.17. The molecule has 3 aromatic carbocycles. The number of fused-ring (bicyclic) bond motifs is 1. The second-order valence-electron chi connectivity index (χ2n) is 12.1. The van der Waals surface area contributed by atoms with Crippen LogP contribution in [0.25, 0.3) is 28.1 Å². The summed E-state index contributed by atoms with van der Waals surface area (Å²) in [6.45, 7) is 14.2. The van der Waals surface area contributed by atoms with Crippen LogP contribution in [0.1, 0.15) is 77.1 Å². The number of para-hydroxylation sites is 1. The molecule has 0 amide bonds. The predicted octanol–water partition coefficient (Wildman–Crippen LogP) is 4.03. The minimum absolute atomic E-state index is 0. The normalized spacial score (nSPS) is 19.5. The van der Waals surface area contributed by atoms with Gasteiger partial charge in [0, 0.05) is 23.1 Å². The van der Waals surface area contributed by atoms with Crippen molar-refractivity contribution in [3.63, 3.8) is 0 Å². The molecule has 2 bridgehead atoms. The van der Waals surface area contributed by atoms with Gasteiger partial charge in [-0.1, -0.05) is 36.9 Å². The summed E-state index contributed by atoms with van der Waals surface area (Å²) < 4.78 is 3.03. The molecule has 4 aromatic rings. The van der Waals surface area contributed by atoms with E-state index in [4.69, 9.17) is 0 Å². The molecule has 0 spiro atoms. The van der Waals surface area contributed by atoms with Gasteiger partial charge in [0.2, 0.25) is 0 Å². The van der Waals surface area contributed by atoms with Gasteiger partial charge < -0.3 is 29.4 Å². The van der Waals surface area contributed by atoms with Gasteiger partial charge in [0.15, 0.2) is 0 Å². The zero-order valence-corrected chi connectivity index (χ0v) is 29.8. The zero-order chi connectivity index (χ0) is 27.5. The van der Waals surface area contributed by atoms with E-state index in [2.05, 4.69) is 136 Å². The van der Waals surface area contributed by atoms with Crippen molar-refractivity contribution in [2.45, 2.75) is 62.3 Å². The van der Waals surface area contributed by atoms with Gasteiger partial charge >= 0.3 is 143 Å². The Morgan fingerprint density at radius 1 is 0.854 bits per heavy atom. The Bertz CT molecular complexity index is 1620. The maximum Gasteiger partial charge on any atom is -1.00 e. The number of benzene rings is 3. The first-order valence-corrected chi connectivity index (χ1v) is 18.8. The Kier molecular flexibility index (Phi) is 9.66. The van der Waals surface area contributed by atoms with E-state index in [-0.39, 0.29) is 24.8 Å². The molecular formula is C36H38Cl2NSiZr. The first-order valence-electron chi connectivity index (χ1n) is 14.3. The molecule has 1 nitrogen and oxygen atoms in total. The van der Waals surface area contributed by atoms with E-state index in [9.17, 15) is 0 Å². The fourth-order valence-electron chi connectivity index (χ4n) is 7.15. The summed E-state index contributed by atoms with van der Waals surface area (Å²) in [6, 6.07) is 29.0. The molecule has 4 aliphatic rings. The van der Waals surface area contributed by atoms with Gasteiger partial charge in [0.25, 0.3) is 0 Å². The molecular weight excluding hydrogens is 637 g/mol. The summed E-state index contributed by atoms with van der Waals surface area (Å²) in [6.07, 6.45) is 5.82. The third-order valence-corrected chi connectivity index (χ3v) is 15.4. The van der Waals surface area contributed by atoms with Crippen molar-refractivity contribution in [1.82, 2.24) is 4.57 Å². The first-order chi connectivity index (χ1) is 18.7. The number of rotatable bonds is 4. The van der Waals surface area contributed by atoms with E-state index in [0.717, 1.165) is 5.54 Å². The molecule has 5 heteroatoms. The molecule has 0 N–H and O–H groups in total. The van der Waals surface area contributed by atoms with Crippen LogP contribution >= 0.6 is 0 Å². The number of aromatic nitrogens is 1. The maximum atomic E-state index is 2.51. The molecule has 209 valence electrons. The number of nitrogens with zero attached hydrogens (tertiary/aromatic N) is 1. The fraction of sp³-hybridized carbons (Fsp3) is 0.278. The van der Waals surface area contributed by atoms with Crippen LogP contribution in [0.3, 0.4) is 0 Å². The standard InChI is InChI=1S/C20H21.C16H17NSi.2ClH.Zr/c1-4-15(3)16-8-10-17(11-9-16)19-7-5-6-18-12-14(2)13-20(18)19;1-11-15-13-9-10-17(12-7-5-4-6-8-12)14(13)16(11)18(15,2)3;;;/h5-13,15H,4H2,1-3H3;4-10,15H,1-3H3;2*1H;/q;;;;+2/p-2. The Morgan fingerprint density at radius 2 is 1.54 bits per heavy atom. The van der Waals surface area contributed by atoms with Gasteiger partial charge in [-0.3, -0.25) is 0 Å². The van der Waals surface area contributed by atoms with Crippen molar-refractivity contribution in [3.8, 4) is 16.8 Å².